The van der Waals surface area contributed by atoms with E-state index in [9.17, 15) is 14.9 Å². The van der Waals surface area contributed by atoms with E-state index in [0.29, 0.717) is 5.56 Å². The highest BCUT2D eigenvalue weighted by Crippen LogP contribution is 2.28. The van der Waals surface area contributed by atoms with E-state index >= 15 is 0 Å². The molecule has 0 aromatic heterocycles. The Morgan fingerprint density at radius 2 is 1.90 bits per heavy atom. The van der Waals surface area contributed by atoms with Crippen molar-refractivity contribution in [3.8, 4) is 5.75 Å². The lowest BCUT2D eigenvalue weighted by molar-refractivity contribution is -0.385. The second-order valence-electron chi connectivity index (χ2n) is 4.85. The summed E-state index contributed by atoms with van der Waals surface area (Å²) in [4.78, 5) is 24.6. The van der Waals surface area contributed by atoms with Gasteiger partial charge in [-0.25, -0.2) is 0 Å². The van der Waals surface area contributed by atoms with Crippen LogP contribution in [-0.2, 0) is 0 Å². The van der Waals surface area contributed by atoms with Crippen LogP contribution in [0.4, 0.5) is 5.69 Å². The third kappa shape index (κ3) is 3.07. The molecule has 1 aliphatic heterocycles. The van der Waals surface area contributed by atoms with Crippen LogP contribution in [0.25, 0.3) is 0 Å². The van der Waals surface area contributed by atoms with Crippen LogP contribution in [0, 0.1) is 10.1 Å². The molecular formula is C14H18N2O4. The molecule has 6 nitrogen and oxygen atoms in total. The Labute approximate surface area is 117 Å². The predicted octanol–water partition coefficient (Wildman–Crippen LogP) is 2.62. The molecule has 1 aliphatic rings. The van der Waals surface area contributed by atoms with Crippen molar-refractivity contribution in [1.29, 1.82) is 0 Å². The van der Waals surface area contributed by atoms with Crippen molar-refractivity contribution in [3.05, 3.63) is 33.9 Å². The molecule has 108 valence electrons. The van der Waals surface area contributed by atoms with E-state index in [0.717, 1.165) is 38.8 Å². The first-order chi connectivity index (χ1) is 9.63. The molecule has 1 heterocycles. The fourth-order valence-electron chi connectivity index (χ4n) is 2.42. The summed E-state index contributed by atoms with van der Waals surface area (Å²) in [7, 11) is 1.37. The van der Waals surface area contributed by atoms with Crippen LogP contribution < -0.4 is 4.74 Å². The van der Waals surface area contributed by atoms with Crippen LogP contribution in [0.2, 0.25) is 0 Å². The Kier molecular flexibility index (Phi) is 4.55. The zero-order chi connectivity index (χ0) is 14.5. The van der Waals surface area contributed by atoms with Gasteiger partial charge in [-0.15, -0.1) is 0 Å². The normalized spacial score (nSPS) is 15.6. The Hall–Kier alpha value is -2.11. The number of nitro benzene ring substituents is 1. The van der Waals surface area contributed by atoms with Gasteiger partial charge in [0, 0.05) is 24.7 Å². The predicted molar refractivity (Wildman–Crippen MR) is 74.0 cm³/mol. The molecule has 20 heavy (non-hydrogen) atoms. The minimum Gasteiger partial charge on any atom is -0.490 e. The van der Waals surface area contributed by atoms with Gasteiger partial charge < -0.3 is 9.64 Å². The third-order valence-electron chi connectivity index (χ3n) is 3.52. The number of amides is 1. The maximum atomic E-state index is 12.4. The van der Waals surface area contributed by atoms with Crippen molar-refractivity contribution in [3.63, 3.8) is 0 Å². The molecule has 0 saturated carbocycles. The fourth-order valence-corrected chi connectivity index (χ4v) is 2.42. The number of carbonyl (C=O) groups is 1. The number of likely N-dealkylation sites (tertiary alicyclic amines) is 1. The van der Waals surface area contributed by atoms with Crippen LogP contribution in [0.15, 0.2) is 18.2 Å². The summed E-state index contributed by atoms with van der Waals surface area (Å²) in [6.45, 7) is 1.44. The highest BCUT2D eigenvalue weighted by molar-refractivity contribution is 5.95. The van der Waals surface area contributed by atoms with Gasteiger partial charge in [0.2, 0.25) is 0 Å². The summed E-state index contributed by atoms with van der Waals surface area (Å²) in [5.41, 5.74) is 0.174. The van der Waals surface area contributed by atoms with Crippen molar-refractivity contribution >= 4 is 11.6 Å². The van der Waals surface area contributed by atoms with E-state index in [2.05, 4.69) is 0 Å². The van der Waals surface area contributed by atoms with Crippen LogP contribution >= 0.6 is 0 Å². The van der Waals surface area contributed by atoms with Gasteiger partial charge in [-0.1, -0.05) is 12.8 Å². The Balaban J connectivity index is 2.25. The summed E-state index contributed by atoms with van der Waals surface area (Å²) < 4.78 is 4.94. The first-order valence-corrected chi connectivity index (χ1v) is 6.75. The fraction of sp³-hybridized carbons (Fsp3) is 0.500. The van der Waals surface area contributed by atoms with Gasteiger partial charge in [0.15, 0.2) is 5.75 Å². The number of methoxy groups -OCH3 is 1. The van der Waals surface area contributed by atoms with Crippen molar-refractivity contribution in [2.45, 2.75) is 25.7 Å². The van der Waals surface area contributed by atoms with E-state index in [4.69, 9.17) is 4.74 Å². The lowest BCUT2D eigenvalue weighted by atomic mass is 10.1. The number of hydrogen-bond donors (Lipinski definition) is 0. The van der Waals surface area contributed by atoms with E-state index in [1.54, 1.807) is 11.0 Å². The number of hydrogen-bond acceptors (Lipinski definition) is 4. The number of nitrogens with zero attached hydrogens (tertiary/aromatic N) is 2. The second-order valence-corrected chi connectivity index (χ2v) is 4.85. The number of rotatable bonds is 3. The van der Waals surface area contributed by atoms with Gasteiger partial charge in [-0.2, -0.15) is 0 Å². The van der Waals surface area contributed by atoms with Crippen LogP contribution in [0.3, 0.4) is 0 Å². The quantitative estimate of drug-likeness (QED) is 0.629. The number of benzene rings is 1. The molecule has 0 bridgehead atoms. The van der Waals surface area contributed by atoms with E-state index in [1.807, 2.05) is 0 Å². The zero-order valence-corrected chi connectivity index (χ0v) is 11.5. The smallest absolute Gasteiger partial charge is 0.311 e. The highest BCUT2D eigenvalue weighted by atomic mass is 16.6. The molecule has 6 heteroatoms. The van der Waals surface area contributed by atoms with E-state index in [1.165, 1.54) is 19.2 Å². The minimum absolute atomic E-state index is 0.141. The molecule has 2 rings (SSSR count). The molecule has 1 aromatic carbocycles. The molecule has 0 N–H and O–H groups in total. The third-order valence-corrected chi connectivity index (χ3v) is 3.52. The summed E-state index contributed by atoms with van der Waals surface area (Å²) in [5.74, 6) is 0.0278. The first-order valence-electron chi connectivity index (χ1n) is 6.75. The largest absolute Gasteiger partial charge is 0.490 e. The SMILES string of the molecule is COc1ccc(C(=O)N2CCCCCC2)cc1[N+](=O)[O-]. The van der Waals surface area contributed by atoms with Crippen molar-refractivity contribution in [2.75, 3.05) is 20.2 Å². The molecule has 1 amide bonds. The second kappa shape index (κ2) is 6.36. The average molecular weight is 278 g/mol. The summed E-state index contributed by atoms with van der Waals surface area (Å²) in [6.07, 6.45) is 4.24. The number of carbonyl (C=O) groups excluding carboxylic acids is 1. The molecule has 1 saturated heterocycles. The highest BCUT2D eigenvalue weighted by Gasteiger charge is 2.22. The van der Waals surface area contributed by atoms with Gasteiger partial charge >= 0.3 is 5.69 Å². The maximum Gasteiger partial charge on any atom is 0.311 e. The first kappa shape index (κ1) is 14.3. The monoisotopic (exact) mass is 278 g/mol. The van der Waals surface area contributed by atoms with E-state index in [-0.39, 0.29) is 17.3 Å². The zero-order valence-electron chi connectivity index (χ0n) is 11.5. The van der Waals surface area contributed by atoms with Crippen molar-refractivity contribution in [2.24, 2.45) is 0 Å². The van der Waals surface area contributed by atoms with Crippen LogP contribution in [-0.4, -0.2) is 35.9 Å². The summed E-state index contributed by atoms with van der Waals surface area (Å²) in [6, 6.07) is 4.36. The van der Waals surface area contributed by atoms with Gasteiger partial charge in [0.1, 0.15) is 0 Å². The Bertz CT molecular complexity index is 508. The molecule has 0 spiro atoms. The van der Waals surface area contributed by atoms with E-state index < -0.39 is 4.92 Å². The number of nitro groups is 1. The number of ether oxygens (including phenoxy) is 1. The molecule has 0 unspecified atom stereocenters. The lowest BCUT2D eigenvalue weighted by Crippen LogP contribution is -2.31. The molecule has 1 aromatic rings. The topological polar surface area (TPSA) is 72.7 Å². The molecule has 0 radical (unpaired) electrons. The Morgan fingerprint density at radius 3 is 2.45 bits per heavy atom. The van der Waals surface area contributed by atoms with Crippen LogP contribution in [0.5, 0.6) is 5.75 Å². The average Bonchev–Trinajstić information content (AvgIpc) is 2.74. The molecule has 0 atom stereocenters. The van der Waals surface area contributed by atoms with Gasteiger partial charge in [-0.05, 0) is 25.0 Å². The molecule has 0 aliphatic carbocycles. The summed E-state index contributed by atoms with van der Waals surface area (Å²) >= 11 is 0. The summed E-state index contributed by atoms with van der Waals surface area (Å²) in [5, 5.41) is 11.0. The van der Waals surface area contributed by atoms with Crippen molar-refractivity contribution < 1.29 is 14.5 Å². The Morgan fingerprint density at radius 1 is 1.25 bits per heavy atom. The van der Waals surface area contributed by atoms with Gasteiger partial charge in [0.25, 0.3) is 5.91 Å². The maximum absolute atomic E-state index is 12.4. The lowest BCUT2D eigenvalue weighted by Gasteiger charge is -2.20. The minimum atomic E-state index is -0.530. The van der Waals surface area contributed by atoms with Gasteiger partial charge in [0.05, 0.1) is 12.0 Å². The van der Waals surface area contributed by atoms with Crippen LogP contribution in [0.1, 0.15) is 36.0 Å². The standard InChI is InChI=1S/C14H18N2O4/c1-20-13-7-6-11(10-12(13)16(18)19)14(17)15-8-4-2-3-5-9-15/h6-7,10H,2-5,8-9H2,1H3. The van der Waals surface area contributed by atoms with Gasteiger partial charge in [-0.3, -0.25) is 14.9 Å². The van der Waals surface area contributed by atoms with Crippen molar-refractivity contribution in [1.82, 2.24) is 4.90 Å². The molecular weight excluding hydrogens is 260 g/mol. The molecule has 1 fully saturated rings.